The number of benzene rings is 1. The lowest BCUT2D eigenvalue weighted by Gasteiger charge is -2.11. The molecule has 0 bridgehead atoms. The maximum atomic E-state index is 13.3. The van der Waals surface area contributed by atoms with Gasteiger partial charge in [-0.3, -0.25) is 9.78 Å². The predicted molar refractivity (Wildman–Crippen MR) is 91.0 cm³/mol. The maximum Gasteiger partial charge on any atom is 0.249 e. The molecule has 1 aromatic carbocycles. The summed E-state index contributed by atoms with van der Waals surface area (Å²) in [5.41, 5.74) is 3.58. The van der Waals surface area contributed by atoms with Crippen LogP contribution in [0, 0.1) is 5.82 Å². The van der Waals surface area contributed by atoms with Crippen LogP contribution in [0.1, 0.15) is 0 Å². The van der Waals surface area contributed by atoms with Crippen molar-refractivity contribution in [2.24, 2.45) is 0 Å². The van der Waals surface area contributed by atoms with Crippen LogP contribution in [-0.4, -0.2) is 15.0 Å². The largest absolute Gasteiger partial charge is 0.307 e. The second kappa shape index (κ2) is 5.70. The first-order valence-electron chi connectivity index (χ1n) is 7.41. The van der Waals surface area contributed by atoms with Gasteiger partial charge in [-0.2, -0.15) is 0 Å². The molecule has 0 spiro atoms. The third kappa shape index (κ3) is 2.56. The first kappa shape index (κ1) is 14.3. The third-order valence-electron chi connectivity index (χ3n) is 3.82. The van der Waals surface area contributed by atoms with Crippen molar-refractivity contribution >= 4 is 11.0 Å². The SMILES string of the molecule is O=c1ccc2cc(-c3ccncc3)c(-c3ccc(F)cc3)nc2[nH]1. The van der Waals surface area contributed by atoms with Gasteiger partial charge in [0.15, 0.2) is 0 Å². The van der Waals surface area contributed by atoms with Crippen LogP contribution in [0.15, 0.2) is 71.8 Å². The number of halogens is 1. The number of rotatable bonds is 2. The first-order valence-corrected chi connectivity index (χ1v) is 7.41. The molecule has 0 aliphatic carbocycles. The Labute approximate surface area is 136 Å². The standard InChI is InChI=1S/C19H12FN3O/c20-15-4-1-13(2-5-15)18-16(12-7-9-21-10-8-12)11-14-3-6-17(24)22-19(14)23-18/h1-11H,(H,22,23,24). The van der Waals surface area contributed by atoms with Crippen LogP contribution in [0.25, 0.3) is 33.4 Å². The van der Waals surface area contributed by atoms with Crippen LogP contribution in [0.5, 0.6) is 0 Å². The molecule has 0 radical (unpaired) electrons. The van der Waals surface area contributed by atoms with E-state index in [0.717, 1.165) is 22.1 Å². The molecule has 116 valence electrons. The quantitative estimate of drug-likeness (QED) is 0.612. The second-order valence-corrected chi connectivity index (χ2v) is 5.39. The number of fused-ring (bicyclic) bond motifs is 1. The summed E-state index contributed by atoms with van der Waals surface area (Å²) in [6.07, 6.45) is 3.42. The zero-order valence-corrected chi connectivity index (χ0v) is 12.5. The Kier molecular flexibility index (Phi) is 3.39. The third-order valence-corrected chi connectivity index (χ3v) is 3.82. The number of aromatic amines is 1. The van der Waals surface area contributed by atoms with Crippen molar-refractivity contribution in [1.29, 1.82) is 0 Å². The fraction of sp³-hybridized carbons (Fsp3) is 0. The molecule has 3 heterocycles. The van der Waals surface area contributed by atoms with E-state index in [9.17, 15) is 9.18 Å². The molecule has 0 saturated heterocycles. The van der Waals surface area contributed by atoms with Gasteiger partial charge in [0.2, 0.25) is 5.56 Å². The number of nitrogens with one attached hydrogen (secondary N) is 1. The van der Waals surface area contributed by atoms with Gasteiger partial charge < -0.3 is 4.98 Å². The molecule has 0 fully saturated rings. The fourth-order valence-electron chi connectivity index (χ4n) is 2.66. The van der Waals surface area contributed by atoms with E-state index >= 15 is 0 Å². The summed E-state index contributed by atoms with van der Waals surface area (Å²) in [5, 5.41) is 0.826. The molecule has 5 heteroatoms. The van der Waals surface area contributed by atoms with Crippen molar-refractivity contribution in [2.45, 2.75) is 0 Å². The summed E-state index contributed by atoms with van der Waals surface area (Å²) in [6.45, 7) is 0. The van der Waals surface area contributed by atoms with Crippen LogP contribution in [-0.2, 0) is 0 Å². The van der Waals surface area contributed by atoms with E-state index in [1.165, 1.54) is 18.2 Å². The minimum Gasteiger partial charge on any atom is -0.307 e. The smallest absolute Gasteiger partial charge is 0.249 e. The van der Waals surface area contributed by atoms with E-state index in [-0.39, 0.29) is 11.4 Å². The number of nitrogens with zero attached hydrogens (tertiary/aromatic N) is 2. The van der Waals surface area contributed by atoms with Crippen molar-refractivity contribution in [3.63, 3.8) is 0 Å². The summed E-state index contributed by atoms with van der Waals surface area (Å²) in [5.74, 6) is -0.307. The molecule has 0 unspecified atom stereocenters. The summed E-state index contributed by atoms with van der Waals surface area (Å²) < 4.78 is 13.3. The van der Waals surface area contributed by atoms with Crippen molar-refractivity contribution in [3.8, 4) is 22.4 Å². The van der Waals surface area contributed by atoms with Crippen molar-refractivity contribution in [3.05, 3.63) is 83.2 Å². The highest BCUT2D eigenvalue weighted by Crippen LogP contribution is 2.32. The summed E-state index contributed by atoms with van der Waals surface area (Å²) in [6, 6.07) is 15.1. The van der Waals surface area contributed by atoms with Crippen molar-refractivity contribution in [2.75, 3.05) is 0 Å². The van der Waals surface area contributed by atoms with E-state index in [4.69, 9.17) is 0 Å². The highest BCUT2D eigenvalue weighted by molar-refractivity contribution is 5.89. The Morgan fingerprint density at radius 3 is 2.38 bits per heavy atom. The molecule has 4 aromatic rings. The molecule has 4 nitrogen and oxygen atoms in total. The van der Waals surface area contributed by atoms with Crippen molar-refractivity contribution in [1.82, 2.24) is 15.0 Å². The highest BCUT2D eigenvalue weighted by atomic mass is 19.1. The highest BCUT2D eigenvalue weighted by Gasteiger charge is 2.12. The molecule has 0 amide bonds. The zero-order chi connectivity index (χ0) is 16.5. The van der Waals surface area contributed by atoms with E-state index in [1.54, 1.807) is 30.6 Å². The molecule has 0 atom stereocenters. The Balaban J connectivity index is 2.04. The van der Waals surface area contributed by atoms with Gasteiger partial charge in [-0.1, -0.05) is 0 Å². The zero-order valence-electron chi connectivity index (χ0n) is 12.5. The Morgan fingerprint density at radius 1 is 0.875 bits per heavy atom. The van der Waals surface area contributed by atoms with E-state index in [2.05, 4.69) is 15.0 Å². The summed E-state index contributed by atoms with van der Waals surface area (Å²) in [7, 11) is 0. The molecule has 0 aliphatic rings. The number of H-pyrrole nitrogens is 1. The van der Waals surface area contributed by atoms with Gasteiger partial charge in [0, 0.05) is 35.0 Å². The van der Waals surface area contributed by atoms with Crippen LogP contribution < -0.4 is 5.56 Å². The van der Waals surface area contributed by atoms with Gasteiger partial charge in [-0.15, -0.1) is 0 Å². The van der Waals surface area contributed by atoms with Crippen LogP contribution in [0.2, 0.25) is 0 Å². The lowest BCUT2D eigenvalue weighted by molar-refractivity contribution is 0.628. The lowest BCUT2D eigenvalue weighted by atomic mass is 9.99. The fourth-order valence-corrected chi connectivity index (χ4v) is 2.66. The monoisotopic (exact) mass is 317 g/mol. The minimum atomic E-state index is -0.307. The van der Waals surface area contributed by atoms with Gasteiger partial charge in [-0.05, 0) is 54.1 Å². The van der Waals surface area contributed by atoms with Gasteiger partial charge in [0.1, 0.15) is 11.5 Å². The minimum absolute atomic E-state index is 0.211. The molecule has 0 aliphatic heterocycles. The first-order chi connectivity index (χ1) is 11.7. The summed E-state index contributed by atoms with van der Waals surface area (Å²) >= 11 is 0. The summed E-state index contributed by atoms with van der Waals surface area (Å²) in [4.78, 5) is 23.0. The average Bonchev–Trinajstić information content (AvgIpc) is 2.62. The molecule has 3 aromatic heterocycles. The van der Waals surface area contributed by atoms with E-state index in [1.807, 2.05) is 18.2 Å². The molecule has 1 N–H and O–H groups in total. The molecule has 0 saturated carbocycles. The predicted octanol–water partition coefficient (Wildman–Crippen LogP) is 3.79. The maximum absolute atomic E-state index is 13.3. The average molecular weight is 317 g/mol. The van der Waals surface area contributed by atoms with Crippen LogP contribution >= 0.6 is 0 Å². The van der Waals surface area contributed by atoms with Gasteiger partial charge >= 0.3 is 0 Å². The number of hydrogen-bond donors (Lipinski definition) is 1. The normalized spacial score (nSPS) is 10.9. The Hall–Kier alpha value is -3.34. The van der Waals surface area contributed by atoms with E-state index in [0.29, 0.717) is 11.3 Å². The van der Waals surface area contributed by atoms with E-state index < -0.39 is 0 Å². The van der Waals surface area contributed by atoms with Crippen molar-refractivity contribution < 1.29 is 4.39 Å². The lowest BCUT2D eigenvalue weighted by Crippen LogP contribution is -2.04. The number of aromatic nitrogens is 3. The van der Waals surface area contributed by atoms with Gasteiger partial charge in [-0.25, -0.2) is 9.37 Å². The molecule has 24 heavy (non-hydrogen) atoms. The number of pyridine rings is 3. The Bertz CT molecular complexity index is 1070. The molecular weight excluding hydrogens is 305 g/mol. The van der Waals surface area contributed by atoms with Crippen LogP contribution in [0.4, 0.5) is 4.39 Å². The van der Waals surface area contributed by atoms with Crippen LogP contribution in [0.3, 0.4) is 0 Å². The van der Waals surface area contributed by atoms with Gasteiger partial charge in [0.25, 0.3) is 0 Å². The topological polar surface area (TPSA) is 58.6 Å². The van der Waals surface area contributed by atoms with Gasteiger partial charge in [0.05, 0.1) is 5.69 Å². The second-order valence-electron chi connectivity index (χ2n) is 5.39. The Morgan fingerprint density at radius 2 is 1.62 bits per heavy atom. The molecule has 4 rings (SSSR count). The molecular formula is C19H12FN3O. The number of hydrogen-bond acceptors (Lipinski definition) is 3.